The Morgan fingerprint density at radius 1 is 1.16 bits per heavy atom. The Balaban J connectivity index is 1.52. The van der Waals surface area contributed by atoms with E-state index in [0.717, 1.165) is 11.3 Å². The highest BCUT2D eigenvalue weighted by molar-refractivity contribution is 7.98. The molecule has 0 aliphatic heterocycles. The number of aryl methyl sites for hydroxylation is 1. The summed E-state index contributed by atoms with van der Waals surface area (Å²) in [6.45, 7) is 2.71. The molecule has 2 heterocycles. The molecular formula is C22H20FN5O2S. The summed E-state index contributed by atoms with van der Waals surface area (Å²) in [6, 6.07) is 14.3. The standard InChI is InChI=1S/C22H20FN5O2S/c1-2-10-27-14-24-22-25-17(12-20(29)28(22)27)13-31-19-9-4-3-8-18(19)26-21(30)15-6-5-7-16(23)11-15/h3-9,11-12,14H,2,10,13H2,1H3,(H,26,30). The molecule has 0 unspecified atom stereocenters. The number of hydrogen-bond acceptors (Lipinski definition) is 5. The first kappa shape index (κ1) is 20.8. The molecule has 4 aromatic rings. The van der Waals surface area contributed by atoms with Gasteiger partial charge in [0, 0.05) is 28.8 Å². The van der Waals surface area contributed by atoms with Gasteiger partial charge < -0.3 is 5.32 Å². The molecule has 4 rings (SSSR count). The summed E-state index contributed by atoms with van der Waals surface area (Å²) in [4.78, 5) is 34.5. The van der Waals surface area contributed by atoms with Crippen LogP contribution in [-0.4, -0.2) is 25.1 Å². The molecule has 0 aliphatic rings. The number of nitrogens with one attached hydrogen (secondary N) is 1. The Hall–Kier alpha value is -3.46. The van der Waals surface area contributed by atoms with E-state index in [1.807, 2.05) is 25.1 Å². The van der Waals surface area contributed by atoms with Crippen LogP contribution in [0.25, 0.3) is 5.78 Å². The predicted molar refractivity (Wildman–Crippen MR) is 118 cm³/mol. The van der Waals surface area contributed by atoms with Crippen molar-refractivity contribution in [1.82, 2.24) is 19.2 Å². The van der Waals surface area contributed by atoms with Crippen molar-refractivity contribution in [2.45, 2.75) is 30.5 Å². The quantitative estimate of drug-likeness (QED) is 0.442. The van der Waals surface area contributed by atoms with Crippen molar-refractivity contribution in [3.63, 3.8) is 0 Å². The number of anilines is 1. The van der Waals surface area contributed by atoms with Gasteiger partial charge in [-0.3, -0.25) is 14.3 Å². The van der Waals surface area contributed by atoms with Crippen LogP contribution in [0, 0.1) is 5.82 Å². The summed E-state index contributed by atoms with van der Waals surface area (Å²) in [7, 11) is 0. The van der Waals surface area contributed by atoms with E-state index in [2.05, 4.69) is 15.3 Å². The Morgan fingerprint density at radius 2 is 2.00 bits per heavy atom. The van der Waals surface area contributed by atoms with Crippen molar-refractivity contribution >= 4 is 29.1 Å². The minimum Gasteiger partial charge on any atom is -0.321 e. The van der Waals surface area contributed by atoms with Gasteiger partial charge in [-0.25, -0.2) is 9.37 Å². The number of amides is 1. The molecule has 1 amide bonds. The molecule has 0 aliphatic carbocycles. The van der Waals surface area contributed by atoms with Crippen LogP contribution in [0.5, 0.6) is 0 Å². The lowest BCUT2D eigenvalue weighted by Gasteiger charge is -2.11. The van der Waals surface area contributed by atoms with Crippen LogP contribution in [0.3, 0.4) is 0 Å². The third kappa shape index (κ3) is 4.66. The fraction of sp³-hybridized carbons (Fsp3) is 0.182. The SMILES string of the molecule is CCCn1cnc2nc(CSc3ccccc3NC(=O)c3cccc(F)c3)cc(=O)n21. The number of rotatable bonds is 7. The normalized spacial score (nSPS) is 11.0. The Kier molecular flexibility index (Phi) is 6.13. The smallest absolute Gasteiger partial charge is 0.274 e. The van der Waals surface area contributed by atoms with Gasteiger partial charge in [-0.2, -0.15) is 9.50 Å². The minimum absolute atomic E-state index is 0.181. The second kappa shape index (κ2) is 9.13. The van der Waals surface area contributed by atoms with Gasteiger partial charge in [0.05, 0.1) is 11.4 Å². The summed E-state index contributed by atoms with van der Waals surface area (Å²) in [5, 5.41) is 2.82. The fourth-order valence-electron chi connectivity index (χ4n) is 3.14. The second-order valence-corrected chi connectivity index (χ2v) is 7.87. The highest BCUT2D eigenvalue weighted by Crippen LogP contribution is 2.29. The van der Waals surface area contributed by atoms with E-state index < -0.39 is 11.7 Å². The van der Waals surface area contributed by atoms with Crippen molar-refractivity contribution in [3.05, 3.63) is 88.4 Å². The van der Waals surface area contributed by atoms with Crippen molar-refractivity contribution in [1.29, 1.82) is 0 Å². The van der Waals surface area contributed by atoms with Crippen LogP contribution in [-0.2, 0) is 12.3 Å². The molecule has 2 aromatic heterocycles. The molecule has 0 fully saturated rings. The van der Waals surface area contributed by atoms with Crippen LogP contribution >= 0.6 is 11.8 Å². The molecule has 9 heteroatoms. The number of fused-ring (bicyclic) bond motifs is 1. The number of nitrogens with zero attached hydrogens (tertiary/aromatic N) is 4. The number of carbonyl (C=O) groups is 1. The molecule has 7 nitrogen and oxygen atoms in total. The average Bonchev–Trinajstić information content (AvgIpc) is 3.16. The zero-order valence-corrected chi connectivity index (χ0v) is 17.6. The van der Waals surface area contributed by atoms with Crippen LogP contribution in [0.1, 0.15) is 29.4 Å². The number of para-hydroxylation sites is 1. The number of aromatic nitrogens is 4. The lowest BCUT2D eigenvalue weighted by Crippen LogP contribution is -2.21. The van der Waals surface area contributed by atoms with Crippen molar-refractivity contribution in [2.24, 2.45) is 0 Å². The van der Waals surface area contributed by atoms with E-state index in [0.29, 0.717) is 29.5 Å². The molecule has 0 bridgehead atoms. The molecule has 0 saturated carbocycles. The minimum atomic E-state index is -0.468. The van der Waals surface area contributed by atoms with E-state index in [-0.39, 0.29) is 11.1 Å². The monoisotopic (exact) mass is 437 g/mol. The van der Waals surface area contributed by atoms with E-state index >= 15 is 0 Å². The number of benzene rings is 2. The largest absolute Gasteiger partial charge is 0.321 e. The molecule has 31 heavy (non-hydrogen) atoms. The summed E-state index contributed by atoms with van der Waals surface area (Å²) < 4.78 is 16.6. The van der Waals surface area contributed by atoms with E-state index in [4.69, 9.17) is 0 Å². The third-order valence-electron chi connectivity index (χ3n) is 4.55. The summed E-state index contributed by atoms with van der Waals surface area (Å²) in [5.41, 5.74) is 1.26. The Morgan fingerprint density at radius 3 is 2.81 bits per heavy atom. The van der Waals surface area contributed by atoms with Gasteiger partial charge in [0.15, 0.2) is 0 Å². The molecule has 2 aromatic carbocycles. The highest BCUT2D eigenvalue weighted by Gasteiger charge is 2.12. The Bertz CT molecular complexity index is 1300. The molecule has 0 atom stereocenters. The third-order valence-corrected chi connectivity index (χ3v) is 5.65. The molecule has 158 valence electrons. The van der Waals surface area contributed by atoms with Gasteiger partial charge in [0.25, 0.3) is 17.2 Å². The van der Waals surface area contributed by atoms with Crippen LogP contribution in [0.4, 0.5) is 10.1 Å². The number of hydrogen-bond donors (Lipinski definition) is 1. The predicted octanol–water partition coefficient (Wildman–Crippen LogP) is 3.98. The summed E-state index contributed by atoms with van der Waals surface area (Å²) >= 11 is 1.44. The van der Waals surface area contributed by atoms with E-state index in [1.165, 1.54) is 40.5 Å². The fourth-order valence-corrected chi connectivity index (χ4v) is 4.04. The van der Waals surface area contributed by atoms with Gasteiger partial charge in [-0.15, -0.1) is 11.8 Å². The summed E-state index contributed by atoms with van der Waals surface area (Å²) in [5.74, 6) is -0.0698. The molecular weight excluding hydrogens is 417 g/mol. The van der Waals surface area contributed by atoms with Gasteiger partial charge >= 0.3 is 0 Å². The topological polar surface area (TPSA) is 81.3 Å². The van der Waals surface area contributed by atoms with Gasteiger partial charge in [0.2, 0.25) is 0 Å². The molecule has 0 saturated heterocycles. The molecule has 0 spiro atoms. The zero-order valence-electron chi connectivity index (χ0n) is 16.8. The van der Waals surface area contributed by atoms with E-state index in [1.54, 1.807) is 23.1 Å². The van der Waals surface area contributed by atoms with Gasteiger partial charge in [0.1, 0.15) is 12.1 Å². The number of halogens is 1. The zero-order chi connectivity index (χ0) is 21.8. The van der Waals surface area contributed by atoms with Crippen molar-refractivity contribution < 1.29 is 9.18 Å². The second-order valence-electron chi connectivity index (χ2n) is 6.85. The highest BCUT2D eigenvalue weighted by atomic mass is 32.2. The maximum absolute atomic E-state index is 13.4. The van der Waals surface area contributed by atoms with Crippen LogP contribution in [0.15, 0.2) is 70.6 Å². The molecule has 0 radical (unpaired) electrons. The maximum Gasteiger partial charge on any atom is 0.274 e. The van der Waals surface area contributed by atoms with Crippen LogP contribution < -0.4 is 10.9 Å². The van der Waals surface area contributed by atoms with Crippen molar-refractivity contribution in [2.75, 3.05) is 5.32 Å². The first-order chi connectivity index (χ1) is 15.0. The Labute approximate surface area is 181 Å². The van der Waals surface area contributed by atoms with Gasteiger partial charge in [-0.1, -0.05) is 25.1 Å². The number of thioether (sulfide) groups is 1. The average molecular weight is 438 g/mol. The first-order valence-electron chi connectivity index (χ1n) is 9.78. The lowest BCUT2D eigenvalue weighted by atomic mass is 10.2. The van der Waals surface area contributed by atoms with Crippen molar-refractivity contribution in [3.8, 4) is 0 Å². The first-order valence-corrected chi connectivity index (χ1v) is 10.8. The summed E-state index contributed by atoms with van der Waals surface area (Å²) in [6.07, 6.45) is 2.50. The van der Waals surface area contributed by atoms with Gasteiger partial charge in [-0.05, 0) is 36.8 Å². The van der Waals surface area contributed by atoms with E-state index in [9.17, 15) is 14.0 Å². The van der Waals surface area contributed by atoms with Crippen LogP contribution in [0.2, 0.25) is 0 Å². The maximum atomic E-state index is 13.4. The number of carbonyl (C=O) groups excluding carboxylic acids is 1. The molecule has 1 N–H and O–H groups in total. The lowest BCUT2D eigenvalue weighted by molar-refractivity contribution is 0.102.